The first-order valence-electron chi connectivity index (χ1n) is 12.6. The summed E-state index contributed by atoms with van der Waals surface area (Å²) in [5, 5.41) is 11.7. The van der Waals surface area contributed by atoms with Gasteiger partial charge in [-0.1, -0.05) is 25.1 Å². The summed E-state index contributed by atoms with van der Waals surface area (Å²) in [6.07, 6.45) is 2.71. The van der Waals surface area contributed by atoms with Gasteiger partial charge in [0, 0.05) is 45.6 Å². The Bertz CT molecular complexity index is 1200. The summed E-state index contributed by atoms with van der Waals surface area (Å²) in [5.41, 5.74) is 2.06. The highest BCUT2D eigenvalue weighted by Gasteiger charge is 2.21. The molecule has 0 radical (unpaired) electrons. The maximum absolute atomic E-state index is 13.0. The van der Waals surface area contributed by atoms with E-state index < -0.39 is 0 Å². The van der Waals surface area contributed by atoms with Crippen molar-refractivity contribution in [2.45, 2.75) is 39.2 Å². The maximum atomic E-state index is 13.0. The van der Waals surface area contributed by atoms with Crippen molar-refractivity contribution in [3.05, 3.63) is 71.1 Å². The molecule has 8 nitrogen and oxygen atoms in total. The van der Waals surface area contributed by atoms with Crippen LogP contribution in [0.2, 0.25) is 0 Å². The van der Waals surface area contributed by atoms with Crippen molar-refractivity contribution in [3.8, 4) is 11.5 Å². The summed E-state index contributed by atoms with van der Waals surface area (Å²) in [4.78, 5) is 14.7. The molecule has 0 fully saturated rings. The van der Waals surface area contributed by atoms with Crippen molar-refractivity contribution >= 4 is 5.91 Å². The Morgan fingerprint density at radius 3 is 2.72 bits per heavy atom. The molecule has 0 spiro atoms. The molecular weight excluding hydrogens is 461 g/mol. The summed E-state index contributed by atoms with van der Waals surface area (Å²) < 4.78 is 26.2. The van der Waals surface area contributed by atoms with Crippen LogP contribution in [0.1, 0.15) is 29.7 Å². The van der Waals surface area contributed by atoms with Crippen molar-refractivity contribution in [1.82, 2.24) is 25.0 Å². The fourth-order valence-corrected chi connectivity index (χ4v) is 4.93. The fraction of sp³-hybridized carbons (Fsp3) is 0.444. The summed E-state index contributed by atoms with van der Waals surface area (Å²) in [5.74, 6) is 3.70. The number of carbonyl (C=O) groups excluding carboxylic acids is 1. The number of nitrogens with one attached hydrogen (secondary N) is 1. The third-order valence-corrected chi connectivity index (χ3v) is 6.74. The Morgan fingerprint density at radius 1 is 1.06 bits per heavy atom. The number of aromatic nitrogens is 3. The van der Waals surface area contributed by atoms with E-state index in [2.05, 4.69) is 44.0 Å². The zero-order valence-electron chi connectivity index (χ0n) is 20.6. The molecule has 2 aliphatic rings. The van der Waals surface area contributed by atoms with Crippen LogP contribution in [0.15, 0.2) is 42.5 Å². The standard InChI is InChI=1S/C27H32FN5O3/c1-19(14-21-4-7-23-24(15-21)36-18-35-23)17-32-11-9-26-31-30-25(33(26)13-12-32)8-10-29-27(34)16-20-2-5-22(28)6-3-20/h2-7,15,19H,8-14,16-18H2,1H3,(H,29,34). The van der Waals surface area contributed by atoms with Crippen molar-refractivity contribution in [3.63, 3.8) is 0 Å². The summed E-state index contributed by atoms with van der Waals surface area (Å²) in [6, 6.07) is 12.2. The maximum Gasteiger partial charge on any atom is 0.231 e. The first kappa shape index (κ1) is 24.2. The normalized spacial score (nSPS) is 15.8. The Labute approximate surface area is 210 Å². The number of benzene rings is 2. The second-order valence-electron chi connectivity index (χ2n) is 9.63. The number of rotatable bonds is 9. The van der Waals surface area contributed by atoms with Gasteiger partial charge in [-0.25, -0.2) is 4.39 Å². The highest BCUT2D eigenvalue weighted by atomic mass is 19.1. The van der Waals surface area contributed by atoms with Gasteiger partial charge in [0.1, 0.15) is 17.5 Å². The molecule has 0 bridgehead atoms. The summed E-state index contributed by atoms with van der Waals surface area (Å²) >= 11 is 0. The van der Waals surface area contributed by atoms with Crippen molar-refractivity contribution in [2.75, 3.05) is 33.0 Å². The Hall–Kier alpha value is -3.46. The van der Waals surface area contributed by atoms with Crippen LogP contribution in [0.5, 0.6) is 11.5 Å². The molecule has 1 aromatic heterocycles. The SMILES string of the molecule is CC(Cc1ccc2c(c1)OCO2)CN1CCc2nnc(CCNC(=O)Cc3ccc(F)cc3)n2CC1. The van der Waals surface area contributed by atoms with E-state index >= 15 is 0 Å². The highest BCUT2D eigenvalue weighted by molar-refractivity contribution is 5.78. The molecule has 2 aromatic carbocycles. The van der Waals surface area contributed by atoms with E-state index in [4.69, 9.17) is 9.47 Å². The van der Waals surface area contributed by atoms with Crippen LogP contribution in [0, 0.1) is 11.7 Å². The van der Waals surface area contributed by atoms with Gasteiger partial charge in [0.15, 0.2) is 11.5 Å². The summed E-state index contributed by atoms with van der Waals surface area (Å²) in [6.45, 7) is 6.85. The highest BCUT2D eigenvalue weighted by Crippen LogP contribution is 2.33. The predicted octanol–water partition coefficient (Wildman–Crippen LogP) is 2.78. The number of hydrogen-bond acceptors (Lipinski definition) is 6. The van der Waals surface area contributed by atoms with Crippen LogP contribution in [-0.4, -0.2) is 58.5 Å². The van der Waals surface area contributed by atoms with Crippen LogP contribution in [-0.2, 0) is 37.0 Å². The number of amides is 1. The molecule has 3 heterocycles. The molecule has 9 heteroatoms. The average molecular weight is 494 g/mol. The van der Waals surface area contributed by atoms with Gasteiger partial charge in [0.05, 0.1) is 6.42 Å². The van der Waals surface area contributed by atoms with Gasteiger partial charge in [0.25, 0.3) is 0 Å². The zero-order chi connectivity index (χ0) is 24.9. The Balaban J connectivity index is 1.08. The second-order valence-corrected chi connectivity index (χ2v) is 9.63. The fourth-order valence-electron chi connectivity index (χ4n) is 4.93. The number of fused-ring (bicyclic) bond motifs is 2. The molecule has 1 N–H and O–H groups in total. The molecule has 36 heavy (non-hydrogen) atoms. The Kier molecular flexibility index (Phi) is 7.46. The van der Waals surface area contributed by atoms with Crippen LogP contribution >= 0.6 is 0 Å². The largest absolute Gasteiger partial charge is 0.454 e. The van der Waals surface area contributed by atoms with Crippen molar-refractivity contribution < 1.29 is 18.7 Å². The van der Waals surface area contributed by atoms with E-state index in [1.54, 1.807) is 12.1 Å². The molecule has 2 aliphatic heterocycles. The van der Waals surface area contributed by atoms with E-state index in [0.29, 0.717) is 25.7 Å². The van der Waals surface area contributed by atoms with Gasteiger partial charge in [-0.15, -0.1) is 10.2 Å². The molecule has 0 aliphatic carbocycles. The Morgan fingerprint density at radius 2 is 1.86 bits per heavy atom. The van der Waals surface area contributed by atoms with Crippen molar-refractivity contribution in [2.24, 2.45) is 5.92 Å². The molecule has 3 aromatic rings. The van der Waals surface area contributed by atoms with E-state index in [0.717, 1.165) is 67.7 Å². The molecule has 5 rings (SSSR count). The third-order valence-electron chi connectivity index (χ3n) is 6.74. The van der Waals surface area contributed by atoms with Gasteiger partial charge in [-0.2, -0.15) is 0 Å². The van der Waals surface area contributed by atoms with Gasteiger partial charge >= 0.3 is 0 Å². The first-order valence-corrected chi connectivity index (χ1v) is 12.6. The number of nitrogens with zero attached hydrogens (tertiary/aromatic N) is 4. The minimum Gasteiger partial charge on any atom is -0.454 e. The second kappa shape index (κ2) is 11.1. The molecule has 190 valence electrons. The number of halogens is 1. The van der Waals surface area contributed by atoms with Gasteiger partial charge in [-0.3, -0.25) is 4.79 Å². The lowest BCUT2D eigenvalue weighted by molar-refractivity contribution is -0.120. The van der Waals surface area contributed by atoms with Crippen LogP contribution in [0.4, 0.5) is 4.39 Å². The minimum atomic E-state index is -0.301. The lowest BCUT2D eigenvalue weighted by Crippen LogP contribution is -2.32. The van der Waals surface area contributed by atoms with E-state index in [1.165, 1.54) is 17.7 Å². The van der Waals surface area contributed by atoms with Gasteiger partial charge < -0.3 is 24.3 Å². The van der Waals surface area contributed by atoms with Crippen LogP contribution in [0.3, 0.4) is 0 Å². The monoisotopic (exact) mass is 493 g/mol. The smallest absolute Gasteiger partial charge is 0.231 e. The molecule has 1 atom stereocenters. The first-order chi connectivity index (χ1) is 17.5. The van der Waals surface area contributed by atoms with Crippen LogP contribution in [0.25, 0.3) is 0 Å². The van der Waals surface area contributed by atoms with E-state index in [1.807, 2.05) is 6.07 Å². The number of ether oxygens (including phenoxy) is 2. The lowest BCUT2D eigenvalue weighted by Gasteiger charge is -2.24. The van der Waals surface area contributed by atoms with E-state index in [-0.39, 0.29) is 18.1 Å². The van der Waals surface area contributed by atoms with E-state index in [9.17, 15) is 9.18 Å². The zero-order valence-corrected chi connectivity index (χ0v) is 20.6. The number of carbonyl (C=O) groups is 1. The molecule has 0 saturated heterocycles. The predicted molar refractivity (Wildman–Crippen MR) is 132 cm³/mol. The molecule has 0 saturated carbocycles. The molecule has 1 amide bonds. The minimum absolute atomic E-state index is 0.0835. The van der Waals surface area contributed by atoms with Gasteiger partial charge in [0.2, 0.25) is 12.7 Å². The number of hydrogen-bond donors (Lipinski definition) is 1. The third kappa shape index (κ3) is 6.02. The average Bonchev–Trinajstić information content (AvgIpc) is 3.43. The topological polar surface area (TPSA) is 81.5 Å². The summed E-state index contributed by atoms with van der Waals surface area (Å²) in [7, 11) is 0. The quantitative estimate of drug-likeness (QED) is 0.494. The molecular formula is C27H32FN5O3. The lowest BCUT2D eigenvalue weighted by atomic mass is 10.00. The van der Waals surface area contributed by atoms with Gasteiger partial charge in [-0.05, 0) is 47.7 Å². The molecule has 1 unspecified atom stereocenters. The van der Waals surface area contributed by atoms with Crippen LogP contribution < -0.4 is 14.8 Å². The van der Waals surface area contributed by atoms with Crippen molar-refractivity contribution in [1.29, 1.82) is 0 Å².